The molecule has 94 valence electrons. The zero-order valence-corrected chi connectivity index (χ0v) is 10.4. The van der Waals surface area contributed by atoms with E-state index in [0.717, 1.165) is 25.9 Å². The zero-order chi connectivity index (χ0) is 12.7. The van der Waals surface area contributed by atoms with E-state index in [4.69, 9.17) is 5.11 Å². The van der Waals surface area contributed by atoms with Crippen molar-refractivity contribution >= 4 is 6.09 Å². The fraction of sp³-hybridized carbons (Fsp3) is 0.615. The standard InChI is InChI=1S/C13H20N2O2/c1-3-8-14(2)9-4-5-12-6-10-15(11-7-12)13(16)17/h3,12H,1,6-11H2,2H3,(H,16,17). The molecule has 0 aromatic rings. The van der Waals surface area contributed by atoms with E-state index in [9.17, 15) is 4.79 Å². The predicted molar refractivity (Wildman–Crippen MR) is 67.8 cm³/mol. The van der Waals surface area contributed by atoms with Crippen LogP contribution < -0.4 is 0 Å². The molecule has 1 amide bonds. The van der Waals surface area contributed by atoms with Gasteiger partial charge in [-0.1, -0.05) is 17.9 Å². The van der Waals surface area contributed by atoms with Crippen LogP contribution in [0.5, 0.6) is 0 Å². The fourth-order valence-electron chi connectivity index (χ4n) is 1.82. The number of nitrogens with zero attached hydrogens (tertiary/aromatic N) is 2. The molecule has 0 aliphatic carbocycles. The van der Waals surface area contributed by atoms with Crippen LogP contribution in [0.1, 0.15) is 12.8 Å². The average Bonchev–Trinajstić information content (AvgIpc) is 2.30. The van der Waals surface area contributed by atoms with Crippen molar-refractivity contribution in [1.82, 2.24) is 9.80 Å². The van der Waals surface area contributed by atoms with Crippen LogP contribution in [0.2, 0.25) is 0 Å². The monoisotopic (exact) mass is 236 g/mol. The molecule has 1 rings (SSSR count). The summed E-state index contributed by atoms with van der Waals surface area (Å²) in [4.78, 5) is 14.3. The summed E-state index contributed by atoms with van der Waals surface area (Å²) in [5.74, 6) is 6.72. The number of hydrogen-bond acceptors (Lipinski definition) is 2. The molecule has 1 N–H and O–H groups in total. The van der Waals surface area contributed by atoms with Crippen molar-refractivity contribution in [3.05, 3.63) is 12.7 Å². The summed E-state index contributed by atoms with van der Waals surface area (Å²) in [7, 11) is 2.00. The van der Waals surface area contributed by atoms with Gasteiger partial charge in [0.1, 0.15) is 0 Å². The van der Waals surface area contributed by atoms with Crippen molar-refractivity contribution < 1.29 is 9.90 Å². The summed E-state index contributed by atoms with van der Waals surface area (Å²) in [6.07, 6.45) is 2.74. The largest absolute Gasteiger partial charge is 0.465 e. The van der Waals surface area contributed by atoms with Crippen molar-refractivity contribution in [2.24, 2.45) is 5.92 Å². The molecule has 0 bridgehead atoms. The first-order valence-corrected chi connectivity index (χ1v) is 5.89. The molecule has 4 heteroatoms. The number of likely N-dealkylation sites (tertiary alicyclic amines) is 1. The summed E-state index contributed by atoms with van der Waals surface area (Å²) in [5, 5.41) is 8.81. The normalized spacial score (nSPS) is 16.5. The van der Waals surface area contributed by atoms with Crippen LogP contribution in [-0.2, 0) is 0 Å². The van der Waals surface area contributed by atoms with Crippen LogP contribution in [0.25, 0.3) is 0 Å². The number of carbonyl (C=O) groups is 1. The van der Waals surface area contributed by atoms with Gasteiger partial charge in [0.2, 0.25) is 0 Å². The Morgan fingerprint density at radius 2 is 2.24 bits per heavy atom. The second kappa shape index (κ2) is 6.97. The lowest BCUT2D eigenvalue weighted by atomic mass is 9.98. The molecule has 0 radical (unpaired) electrons. The molecule has 1 aliphatic heterocycles. The lowest BCUT2D eigenvalue weighted by molar-refractivity contribution is 0.130. The Bertz CT molecular complexity index is 322. The van der Waals surface area contributed by atoms with Crippen LogP contribution in [0.4, 0.5) is 4.79 Å². The maximum atomic E-state index is 10.7. The van der Waals surface area contributed by atoms with Gasteiger partial charge < -0.3 is 10.0 Å². The van der Waals surface area contributed by atoms with Gasteiger partial charge in [0, 0.05) is 25.6 Å². The number of likely N-dealkylation sites (N-methyl/N-ethyl adjacent to an activating group) is 1. The molecule has 0 aromatic heterocycles. The molecule has 1 fully saturated rings. The molecule has 0 unspecified atom stereocenters. The molecule has 0 spiro atoms. The van der Waals surface area contributed by atoms with Crippen LogP contribution >= 0.6 is 0 Å². The maximum absolute atomic E-state index is 10.7. The highest BCUT2D eigenvalue weighted by Crippen LogP contribution is 2.15. The Balaban J connectivity index is 2.28. The quantitative estimate of drug-likeness (QED) is 0.596. The van der Waals surface area contributed by atoms with E-state index in [0.29, 0.717) is 19.0 Å². The van der Waals surface area contributed by atoms with Gasteiger partial charge in [0.15, 0.2) is 0 Å². The summed E-state index contributed by atoms with van der Waals surface area (Å²) >= 11 is 0. The maximum Gasteiger partial charge on any atom is 0.407 e. The number of rotatable bonds is 3. The minimum Gasteiger partial charge on any atom is -0.465 e. The van der Waals surface area contributed by atoms with Crippen LogP contribution in [0.15, 0.2) is 12.7 Å². The Kier molecular flexibility index (Phi) is 5.58. The molecule has 17 heavy (non-hydrogen) atoms. The van der Waals surface area contributed by atoms with Crippen molar-refractivity contribution in [3.63, 3.8) is 0 Å². The molecule has 0 atom stereocenters. The summed E-state index contributed by atoms with van der Waals surface area (Å²) in [6.45, 7) is 6.47. The Morgan fingerprint density at radius 1 is 1.59 bits per heavy atom. The topological polar surface area (TPSA) is 43.8 Å². The molecule has 1 aliphatic rings. The second-order valence-electron chi connectivity index (χ2n) is 4.35. The molecule has 1 saturated heterocycles. The van der Waals surface area contributed by atoms with Gasteiger partial charge in [-0.2, -0.15) is 0 Å². The average molecular weight is 236 g/mol. The third-order valence-corrected chi connectivity index (χ3v) is 2.86. The van der Waals surface area contributed by atoms with E-state index < -0.39 is 6.09 Å². The van der Waals surface area contributed by atoms with Crippen LogP contribution in [0.3, 0.4) is 0 Å². The highest BCUT2D eigenvalue weighted by Gasteiger charge is 2.20. The summed E-state index contributed by atoms with van der Waals surface area (Å²) in [6, 6.07) is 0. The minimum absolute atomic E-state index is 0.350. The van der Waals surface area contributed by atoms with Crippen LogP contribution in [0, 0.1) is 17.8 Å². The molecular formula is C13H20N2O2. The Morgan fingerprint density at radius 3 is 2.76 bits per heavy atom. The first-order valence-electron chi connectivity index (χ1n) is 5.89. The van der Waals surface area contributed by atoms with Crippen molar-refractivity contribution in [2.75, 3.05) is 33.2 Å². The van der Waals surface area contributed by atoms with Gasteiger partial charge in [-0.05, 0) is 19.9 Å². The van der Waals surface area contributed by atoms with Crippen LogP contribution in [-0.4, -0.2) is 54.2 Å². The smallest absolute Gasteiger partial charge is 0.407 e. The van der Waals surface area contributed by atoms with E-state index in [1.54, 1.807) is 0 Å². The first-order chi connectivity index (χ1) is 8.13. The Hall–Kier alpha value is -1.47. The van der Waals surface area contributed by atoms with E-state index in [1.165, 1.54) is 4.90 Å². The van der Waals surface area contributed by atoms with Crippen molar-refractivity contribution in [3.8, 4) is 11.8 Å². The second-order valence-corrected chi connectivity index (χ2v) is 4.35. The van der Waals surface area contributed by atoms with E-state index in [-0.39, 0.29) is 0 Å². The number of carboxylic acid groups (broad SMARTS) is 1. The van der Waals surface area contributed by atoms with Crippen molar-refractivity contribution in [2.45, 2.75) is 12.8 Å². The lowest BCUT2D eigenvalue weighted by Gasteiger charge is -2.27. The molecule has 0 aromatic carbocycles. The van der Waals surface area contributed by atoms with Gasteiger partial charge in [-0.3, -0.25) is 4.90 Å². The third kappa shape index (κ3) is 4.92. The summed E-state index contributed by atoms with van der Waals surface area (Å²) in [5.41, 5.74) is 0. The third-order valence-electron chi connectivity index (χ3n) is 2.86. The molecule has 0 saturated carbocycles. The number of piperidine rings is 1. The van der Waals surface area contributed by atoms with Gasteiger partial charge in [-0.25, -0.2) is 4.79 Å². The molecular weight excluding hydrogens is 216 g/mol. The zero-order valence-electron chi connectivity index (χ0n) is 10.4. The predicted octanol–water partition coefficient (Wildman–Crippen LogP) is 1.50. The highest BCUT2D eigenvalue weighted by atomic mass is 16.4. The SMILES string of the molecule is C=CCN(C)CC#CC1CCN(C(=O)O)CC1. The molecule has 1 heterocycles. The Labute approximate surface area is 103 Å². The highest BCUT2D eigenvalue weighted by molar-refractivity contribution is 5.65. The number of hydrogen-bond donors (Lipinski definition) is 1. The van der Waals surface area contributed by atoms with Gasteiger partial charge in [0.25, 0.3) is 0 Å². The summed E-state index contributed by atoms with van der Waals surface area (Å²) < 4.78 is 0. The first kappa shape index (κ1) is 13.6. The van der Waals surface area contributed by atoms with E-state index in [2.05, 4.69) is 23.3 Å². The van der Waals surface area contributed by atoms with Gasteiger partial charge in [0.05, 0.1) is 6.54 Å². The van der Waals surface area contributed by atoms with Crippen molar-refractivity contribution in [1.29, 1.82) is 0 Å². The lowest BCUT2D eigenvalue weighted by Crippen LogP contribution is -2.37. The fourth-order valence-corrected chi connectivity index (χ4v) is 1.82. The molecule has 4 nitrogen and oxygen atoms in total. The minimum atomic E-state index is -0.817. The van der Waals surface area contributed by atoms with Gasteiger partial charge in [-0.15, -0.1) is 6.58 Å². The van der Waals surface area contributed by atoms with E-state index in [1.807, 2.05) is 13.1 Å². The van der Waals surface area contributed by atoms with Gasteiger partial charge >= 0.3 is 6.09 Å². The number of amides is 1. The van der Waals surface area contributed by atoms with E-state index >= 15 is 0 Å².